The first-order chi connectivity index (χ1) is 9.11. The summed E-state index contributed by atoms with van der Waals surface area (Å²) in [5, 5.41) is 1.98. The smallest absolute Gasteiger partial charge is 0.148 e. The predicted molar refractivity (Wildman–Crippen MR) is 80.1 cm³/mol. The molecule has 0 fully saturated rings. The molecule has 1 heterocycles. The summed E-state index contributed by atoms with van der Waals surface area (Å²) in [4.78, 5) is 1.05. The number of thiophene rings is 1. The molecule has 0 aliphatic rings. The monoisotopic (exact) mass is 343 g/mol. The van der Waals surface area contributed by atoms with Crippen LogP contribution in [0, 0.1) is 5.82 Å². The van der Waals surface area contributed by atoms with Crippen molar-refractivity contribution in [3.63, 3.8) is 0 Å². The minimum absolute atomic E-state index is 0.131. The lowest BCUT2D eigenvalue weighted by molar-refractivity contribution is 0.173. The number of rotatable bonds is 5. The number of ether oxygens (including phenoxy) is 1. The van der Waals surface area contributed by atoms with E-state index in [9.17, 15) is 4.39 Å². The SMILES string of the molecule is CCC(N)C(Oc1cc(F)ccc1Br)c1cccs1. The van der Waals surface area contributed by atoms with Crippen molar-refractivity contribution < 1.29 is 9.13 Å². The van der Waals surface area contributed by atoms with E-state index in [-0.39, 0.29) is 18.0 Å². The van der Waals surface area contributed by atoms with Gasteiger partial charge < -0.3 is 10.5 Å². The summed E-state index contributed by atoms with van der Waals surface area (Å²) in [6.07, 6.45) is 0.526. The summed E-state index contributed by atoms with van der Waals surface area (Å²) in [6, 6.07) is 8.20. The van der Waals surface area contributed by atoms with Gasteiger partial charge in [-0.25, -0.2) is 4.39 Å². The zero-order valence-corrected chi connectivity index (χ0v) is 12.9. The van der Waals surface area contributed by atoms with Gasteiger partial charge in [0.1, 0.15) is 17.7 Å². The molecule has 102 valence electrons. The van der Waals surface area contributed by atoms with Crippen LogP contribution < -0.4 is 10.5 Å². The fourth-order valence-corrected chi connectivity index (χ4v) is 2.90. The second-order valence-electron chi connectivity index (χ2n) is 4.20. The van der Waals surface area contributed by atoms with E-state index in [2.05, 4.69) is 15.9 Å². The molecule has 2 nitrogen and oxygen atoms in total. The molecule has 2 unspecified atom stereocenters. The van der Waals surface area contributed by atoms with Crippen LogP contribution in [-0.4, -0.2) is 6.04 Å². The van der Waals surface area contributed by atoms with Gasteiger partial charge in [0.05, 0.1) is 4.47 Å². The van der Waals surface area contributed by atoms with Crippen LogP contribution in [0.3, 0.4) is 0 Å². The Balaban J connectivity index is 2.28. The van der Waals surface area contributed by atoms with E-state index in [1.54, 1.807) is 17.4 Å². The third kappa shape index (κ3) is 3.55. The van der Waals surface area contributed by atoms with Crippen molar-refractivity contribution in [2.45, 2.75) is 25.5 Å². The van der Waals surface area contributed by atoms with Gasteiger partial charge in [0, 0.05) is 17.0 Å². The topological polar surface area (TPSA) is 35.2 Å². The summed E-state index contributed by atoms with van der Waals surface area (Å²) >= 11 is 4.95. The van der Waals surface area contributed by atoms with Crippen LogP contribution in [0.25, 0.3) is 0 Å². The van der Waals surface area contributed by atoms with Gasteiger partial charge in [-0.2, -0.15) is 0 Å². The molecule has 0 aliphatic carbocycles. The molecule has 5 heteroatoms. The Labute approximate surface area is 124 Å². The molecule has 0 saturated heterocycles. The van der Waals surface area contributed by atoms with Crippen molar-refractivity contribution in [3.8, 4) is 5.75 Å². The fourth-order valence-electron chi connectivity index (χ4n) is 1.73. The van der Waals surface area contributed by atoms with E-state index in [4.69, 9.17) is 10.5 Å². The van der Waals surface area contributed by atoms with Crippen LogP contribution in [-0.2, 0) is 0 Å². The molecular formula is C14H15BrFNOS. The predicted octanol–water partition coefficient (Wildman–Crippen LogP) is 4.51. The first kappa shape index (κ1) is 14.5. The summed E-state index contributed by atoms with van der Waals surface area (Å²) in [6.45, 7) is 2.01. The van der Waals surface area contributed by atoms with E-state index < -0.39 is 0 Å². The van der Waals surface area contributed by atoms with Gasteiger partial charge in [-0.05, 0) is 45.9 Å². The average molecular weight is 344 g/mol. The van der Waals surface area contributed by atoms with Crippen molar-refractivity contribution in [1.29, 1.82) is 0 Å². The number of hydrogen-bond acceptors (Lipinski definition) is 3. The maximum absolute atomic E-state index is 13.3. The van der Waals surface area contributed by atoms with E-state index in [0.29, 0.717) is 5.75 Å². The molecule has 0 amide bonds. The van der Waals surface area contributed by atoms with Gasteiger partial charge in [0.25, 0.3) is 0 Å². The van der Waals surface area contributed by atoms with Crippen LogP contribution >= 0.6 is 27.3 Å². The highest BCUT2D eigenvalue weighted by Crippen LogP contribution is 2.33. The average Bonchev–Trinajstić information content (AvgIpc) is 2.92. The van der Waals surface area contributed by atoms with E-state index in [0.717, 1.165) is 15.8 Å². The lowest BCUT2D eigenvalue weighted by Crippen LogP contribution is -2.31. The number of nitrogens with two attached hydrogens (primary N) is 1. The third-order valence-corrected chi connectivity index (χ3v) is 4.42. The molecule has 2 atom stereocenters. The Morgan fingerprint density at radius 2 is 2.21 bits per heavy atom. The van der Waals surface area contributed by atoms with Gasteiger partial charge >= 0.3 is 0 Å². The Kier molecular flexibility index (Phi) is 4.96. The van der Waals surface area contributed by atoms with Gasteiger partial charge in [-0.1, -0.05) is 13.0 Å². The Morgan fingerprint density at radius 1 is 1.42 bits per heavy atom. The van der Waals surface area contributed by atoms with E-state index in [1.165, 1.54) is 12.1 Å². The zero-order valence-electron chi connectivity index (χ0n) is 10.5. The molecule has 0 radical (unpaired) electrons. The minimum atomic E-state index is -0.326. The van der Waals surface area contributed by atoms with Crippen molar-refractivity contribution >= 4 is 27.3 Å². The zero-order chi connectivity index (χ0) is 13.8. The second-order valence-corrected chi connectivity index (χ2v) is 6.03. The standard InChI is InChI=1S/C14H15BrFNOS/c1-2-11(17)14(13-4-3-7-19-13)18-12-8-9(16)5-6-10(12)15/h3-8,11,14H,2,17H2,1H3. The van der Waals surface area contributed by atoms with Gasteiger partial charge in [0.2, 0.25) is 0 Å². The molecule has 2 N–H and O–H groups in total. The third-order valence-electron chi connectivity index (χ3n) is 2.83. The van der Waals surface area contributed by atoms with Crippen molar-refractivity contribution in [2.24, 2.45) is 5.73 Å². The minimum Gasteiger partial charge on any atom is -0.482 e. The van der Waals surface area contributed by atoms with Crippen molar-refractivity contribution in [1.82, 2.24) is 0 Å². The molecule has 0 spiro atoms. The molecule has 2 aromatic rings. The highest BCUT2D eigenvalue weighted by atomic mass is 79.9. The first-order valence-corrected chi connectivity index (χ1v) is 7.69. The van der Waals surface area contributed by atoms with E-state index in [1.807, 2.05) is 24.4 Å². The number of benzene rings is 1. The van der Waals surface area contributed by atoms with Gasteiger partial charge in [-0.15, -0.1) is 11.3 Å². The molecule has 2 rings (SSSR count). The normalized spacial score (nSPS) is 14.1. The maximum Gasteiger partial charge on any atom is 0.148 e. The van der Waals surface area contributed by atoms with Crippen molar-refractivity contribution in [2.75, 3.05) is 0 Å². The first-order valence-electron chi connectivity index (χ1n) is 6.02. The van der Waals surface area contributed by atoms with Crippen LogP contribution in [0.5, 0.6) is 5.75 Å². The Morgan fingerprint density at radius 3 is 2.84 bits per heavy atom. The molecule has 0 bridgehead atoms. The van der Waals surface area contributed by atoms with Crippen molar-refractivity contribution in [3.05, 3.63) is 50.9 Å². The quantitative estimate of drug-likeness (QED) is 0.866. The van der Waals surface area contributed by atoms with Crippen LogP contribution in [0.2, 0.25) is 0 Å². The molecule has 1 aromatic heterocycles. The highest BCUT2D eigenvalue weighted by molar-refractivity contribution is 9.10. The Hall–Kier alpha value is -0.910. The van der Waals surface area contributed by atoms with Gasteiger partial charge in [-0.3, -0.25) is 0 Å². The molecule has 0 aliphatic heterocycles. The summed E-state index contributed by atoms with van der Waals surface area (Å²) in [5.74, 6) is 0.149. The lowest BCUT2D eigenvalue weighted by atomic mass is 10.1. The lowest BCUT2D eigenvalue weighted by Gasteiger charge is -2.24. The number of hydrogen-bond donors (Lipinski definition) is 1. The van der Waals surface area contributed by atoms with Gasteiger partial charge in [0.15, 0.2) is 0 Å². The molecule has 0 saturated carbocycles. The van der Waals surface area contributed by atoms with Crippen LogP contribution in [0.1, 0.15) is 24.3 Å². The van der Waals surface area contributed by atoms with Crippen LogP contribution in [0.15, 0.2) is 40.2 Å². The summed E-state index contributed by atoms with van der Waals surface area (Å²) < 4.78 is 19.9. The summed E-state index contributed by atoms with van der Waals surface area (Å²) in [5.41, 5.74) is 6.12. The maximum atomic E-state index is 13.3. The second kappa shape index (κ2) is 6.50. The van der Waals surface area contributed by atoms with E-state index >= 15 is 0 Å². The fraction of sp³-hybridized carbons (Fsp3) is 0.286. The molecule has 19 heavy (non-hydrogen) atoms. The molecular weight excluding hydrogens is 329 g/mol. The summed E-state index contributed by atoms with van der Waals surface area (Å²) in [7, 11) is 0. The highest BCUT2D eigenvalue weighted by Gasteiger charge is 2.22. The molecule has 1 aromatic carbocycles. The Bertz CT molecular complexity index is 532. The van der Waals surface area contributed by atoms with Crippen LogP contribution in [0.4, 0.5) is 4.39 Å². The largest absolute Gasteiger partial charge is 0.482 e. The number of halogens is 2.